The summed E-state index contributed by atoms with van der Waals surface area (Å²) in [7, 11) is 0. The van der Waals surface area contributed by atoms with Gasteiger partial charge in [-0.2, -0.15) is 0 Å². The summed E-state index contributed by atoms with van der Waals surface area (Å²) in [5, 5.41) is 9.67. The lowest BCUT2D eigenvalue weighted by atomic mass is 10.1. The summed E-state index contributed by atoms with van der Waals surface area (Å²) in [6.45, 7) is 5.17. The summed E-state index contributed by atoms with van der Waals surface area (Å²) in [4.78, 5) is 0. The molecule has 0 amide bonds. The molecule has 0 saturated carbocycles. The molecule has 144 valence electrons. The molecule has 0 radical (unpaired) electrons. The number of rotatable bonds is 19. The van der Waals surface area contributed by atoms with E-state index in [0.29, 0.717) is 6.61 Å². The van der Waals surface area contributed by atoms with Gasteiger partial charge in [-0.3, -0.25) is 0 Å². The maximum Gasteiger partial charge on any atom is 0.272 e. The Morgan fingerprint density at radius 1 is 0.625 bits per heavy atom. The Kier molecular flexibility index (Phi) is 19.8. The standard InChI is InChI=1S/C22H44O2/c1-3-5-7-9-11-12-13-15-17-19-21-24-22(23)20-18-16-14-10-8-6-4-2/h20,23H,3-19,21H2,1-2H3. The van der Waals surface area contributed by atoms with E-state index in [1.54, 1.807) is 0 Å². The van der Waals surface area contributed by atoms with Crippen molar-refractivity contribution in [2.75, 3.05) is 6.61 Å². The Hall–Kier alpha value is -0.660. The van der Waals surface area contributed by atoms with Gasteiger partial charge in [0.15, 0.2) is 0 Å². The number of hydrogen-bond acceptors (Lipinski definition) is 2. The largest absolute Gasteiger partial charge is 0.481 e. The third-order valence-electron chi connectivity index (χ3n) is 4.62. The monoisotopic (exact) mass is 340 g/mol. The molecule has 0 aromatic heterocycles. The van der Waals surface area contributed by atoms with Crippen molar-refractivity contribution in [3.05, 3.63) is 12.0 Å². The van der Waals surface area contributed by atoms with Gasteiger partial charge in [0, 0.05) is 0 Å². The number of aliphatic hydroxyl groups excluding tert-OH is 1. The van der Waals surface area contributed by atoms with E-state index in [9.17, 15) is 5.11 Å². The first-order valence-corrected chi connectivity index (χ1v) is 10.8. The van der Waals surface area contributed by atoms with Crippen LogP contribution in [0.25, 0.3) is 0 Å². The maximum absolute atomic E-state index is 9.67. The van der Waals surface area contributed by atoms with E-state index in [1.165, 1.54) is 89.9 Å². The van der Waals surface area contributed by atoms with Crippen molar-refractivity contribution in [1.82, 2.24) is 0 Å². The van der Waals surface area contributed by atoms with E-state index in [2.05, 4.69) is 13.8 Å². The molecule has 0 aromatic rings. The number of hydrogen-bond donors (Lipinski definition) is 1. The average molecular weight is 341 g/mol. The van der Waals surface area contributed by atoms with Crippen LogP contribution in [0.15, 0.2) is 12.0 Å². The zero-order valence-corrected chi connectivity index (χ0v) is 16.7. The molecule has 1 N–H and O–H groups in total. The van der Waals surface area contributed by atoms with Crippen LogP contribution in [0.1, 0.15) is 123 Å². The fourth-order valence-corrected chi connectivity index (χ4v) is 2.98. The lowest BCUT2D eigenvalue weighted by Gasteiger charge is -2.05. The molecule has 0 heterocycles. The summed E-state index contributed by atoms with van der Waals surface area (Å²) >= 11 is 0. The molecule has 0 aliphatic carbocycles. The normalized spacial score (nSPS) is 11.8. The molecule has 0 fully saturated rings. The van der Waals surface area contributed by atoms with Gasteiger partial charge in [-0.15, -0.1) is 0 Å². The second kappa shape index (κ2) is 20.4. The van der Waals surface area contributed by atoms with Crippen molar-refractivity contribution >= 4 is 0 Å². The van der Waals surface area contributed by atoms with Crippen LogP contribution in [0.2, 0.25) is 0 Å². The number of ether oxygens (including phenoxy) is 1. The van der Waals surface area contributed by atoms with Crippen LogP contribution < -0.4 is 0 Å². The first-order chi connectivity index (χ1) is 11.8. The van der Waals surface area contributed by atoms with Gasteiger partial charge in [0.25, 0.3) is 5.95 Å². The van der Waals surface area contributed by atoms with Gasteiger partial charge < -0.3 is 9.84 Å². The molecule has 0 aliphatic heterocycles. The summed E-state index contributed by atoms with van der Waals surface area (Å²) < 4.78 is 5.38. The van der Waals surface area contributed by atoms with Gasteiger partial charge in [-0.25, -0.2) is 0 Å². The molecule has 2 nitrogen and oxygen atoms in total. The van der Waals surface area contributed by atoms with Crippen molar-refractivity contribution in [2.24, 2.45) is 0 Å². The first-order valence-electron chi connectivity index (χ1n) is 10.8. The van der Waals surface area contributed by atoms with E-state index in [4.69, 9.17) is 4.74 Å². The van der Waals surface area contributed by atoms with Crippen LogP contribution in [-0.2, 0) is 4.74 Å². The van der Waals surface area contributed by atoms with Gasteiger partial charge >= 0.3 is 0 Å². The van der Waals surface area contributed by atoms with Crippen LogP contribution in [0.5, 0.6) is 0 Å². The fraction of sp³-hybridized carbons (Fsp3) is 0.909. The van der Waals surface area contributed by atoms with Gasteiger partial charge in [-0.1, -0.05) is 104 Å². The van der Waals surface area contributed by atoms with Crippen molar-refractivity contribution in [3.63, 3.8) is 0 Å². The SMILES string of the molecule is CCCCCCCCC=C(O)OCCCCCCCCCCCC. The first kappa shape index (κ1) is 23.3. The van der Waals surface area contributed by atoms with Crippen molar-refractivity contribution in [1.29, 1.82) is 0 Å². The smallest absolute Gasteiger partial charge is 0.272 e. The van der Waals surface area contributed by atoms with E-state index in [1.807, 2.05) is 6.08 Å². The van der Waals surface area contributed by atoms with Gasteiger partial charge in [0.1, 0.15) is 0 Å². The second-order valence-corrected chi connectivity index (χ2v) is 7.13. The molecule has 0 atom stereocenters. The van der Waals surface area contributed by atoms with Gasteiger partial charge in [-0.05, 0) is 25.3 Å². The minimum absolute atomic E-state index is 0.138. The predicted molar refractivity (Wildman–Crippen MR) is 107 cm³/mol. The van der Waals surface area contributed by atoms with Crippen molar-refractivity contribution in [3.8, 4) is 0 Å². The van der Waals surface area contributed by atoms with Crippen LogP contribution in [0, 0.1) is 0 Å². The Morgan fingerprint density at radius 2 is 1.04 bits per heavy atom. The highest BCUT2D eigenvalue weighted by atomic mass is 16.6. The molecular weight excluding hydrogens is 296 g/mol. The Labute approximate surface area is 152 Å². The molecule has 0 saturated heterocycles. The predicted octanol–water partition coefficient (Wildman–Crippen LogP) is 8.07. The summed E-state index contributed by atoms with van der Waals surface area (Å²) in [6.07, 6.45) is 23.8. The summed E-state index contributed by atoms with van der Waals surface area (Å²) in [5.74, 6) is 0.138. The highest BCUT2D eigenvalue weighted by molar-refractivity contribution is 4.81. The lowest BCUT2D eigenvalue weighted by Crippen LogP contribution is -1.95. The van der Waals surface area contributed by atoms with Crippen LogP contribution in [0.4, 0.5) is 0 Å². The van der Waals surface area contributed by atoms with E-state index >= 15 is 0 Å². The molecule has 0 aromatic carbocycles. The van der Waals surface area contributed by atoms with Gasteiger partial charge in [0.2, 0.25) is 0 Å². The quantitative estimate of drug-likeness (QED) is 0.190. The molecular formula is C22H44O2. The molecule has 0 bridgehead atoms. The molecule has 0 spiro atoms. The topological polar surface area (TPSA) is 29.5 Å². The van der Waals surface area contributed by atoms with Gasteiger partial charge in [0.05, 0.1) is 6.61 Å². The molecule has 24 heavy (non-hydrogen) atoms. The fourth-order valence-electron chi connectivity index (χ4n) is 2.98. The van der Waals surface area contributed by atoms with E-state index in [-0.39, 0.29) is 5.95 Å². The Balaban J connectivity index is 3.21. The Bertz CT molecular complexity index is 261. The molecule has 2 heteroatoms. The summed E-state index contributed by atoms with van der Waals surface area (Å²) in [5.41, 5.74) is 0. The van der Waals surface area contributed by atoms with E-state index < -0.39 is 0 Å². The third-order valence-corrected chi connectivity index (χ3v) is 4.62. The zero-order chi connectivity index (χ0) is 17.7. The summed E-state index contributed by atoms with van der Waals surface area (Å²) in [6, 6.07) is 0. The average Bonchev–Trinajstić information content (AvgIpc) is 2.59. The zero-order valence-electron chi connectivity index (χ0n) is 16.7. The number of aliphatic hydroxyl groups is 1. The number of allylic oxidation sites excluding steroid dienone is 1. The molecule has 0 unspecified atom stereocenters. The maximum atomic E-state index is 9.67. The number of unbranched alkanes of at least 4 members (excludes halogenated alkanes) is 15. The van der Waals surface area contributed by atoms with Crippen molar-refractivity contribution in [2.45, 2.75) is 123 Å². The molecule has 0 rings (SSSR count). The van der Waals surface area contributed by atoms with Crippen LogP contribution in [0.3, 0.4) is 0 Å². The van der Waals surface area contributed by atoms with Crippen LogP contribution in [-0.4, -0.2) is 11.7 Å². The Morgan fingerprint density at radius 3 is 1.54 bits per heavy atom. The highest BCUT2D eigenvalue weighted by Crippen LogP contribution is 2.11. The minimum Gasteiger partial charge on any atom is -0.481 e. The molecule has 0 aliphatic rings. The lowest BCUT2D eigenvalue weighted by molar-refractivity contribution is 0.0891. The van der Waals surface area contributed by atoms with Crippen LogP contribution >= 0.6 is 0 Å². The van der Waals surface area contributed by atoms with E-state index in [0.717, 1.165) is 19.3 Å². The highest BCUT2D eigenvalue weighted by Gasteiger charge is 1.96. The minimum atomic E-state index is 0.138. The second-order valence-electron chi connectivity index (χ2n) is 7.13. The third kappa shape index (κ3) is 19.4. The van der Waals surface area contributed by atoms with Crippen molar-refractivity contribution < 1.29 is 9.84 Å².